The number of rotatable bonds is 5. The average Bonchev–Trinajstić information content (AvgIpc) is 3.62. The van der Waals surface area contributed by atoms with Gasteiger partial charge in [0.15, 0.2) is 0 Å². The molecule has 0 bridgehead atoms. The molecule has 3 unspecified atom stereocenters. The Balaban J connectivity index is 1.27. The van der Waals surface area contributed by atoms with Crippen LogP contribution >= 0.6 is 22.9 Å². The fraction of sp³-hybridized carbons (Fsp3) is 0.273. The number of para-hydroxylation sites is 2. The van der Waals surface area contributed by atoms with Crippen molar-refractivity contribution in [2.75, 3.05) is 4.90 Å². The highest BCUT2D eigenvalue weighted by atomic mass is 35.5. The number of allylic oxidation sites excluding steroid dienone is 3. The molecule has 1 fully saturated rings. The van der Waals surface area contributed by atoms with Gasteiger partial charge in [0, 0.05) is 40.4 Å². The second-order valence-electron chi connectivity index (χ2n) is 10.9. The zero-order valence-electron chi connectivity index (χ0n) is 21.6. The van der Waals surface area contributed by atoms with Crippen molar-refractivity contribution >= 4 is 62.1 Å². The predicted molar refractivity (Wildman–Crippen MR) is 160 cm³/mol. The number of anilines is 2. The summed E-state index contributed by atoms with van der Waals surface area (Å²) in [6.45, 7) is -0.0615. The molecule has 3 atom stereocenters. The molecule has 1 aliphatic heterocycles. The summed E-state index contributed by atoms with van der Waals surface area (Å²) < 4.78 is 3.01. The minimum atomic E-state index is -0.840. The zero-order valence-corrected chi connectivity index (χ0v) is 23.2. The van der Waals surface area contributed by atoms with Crippen LogP contribution in [-0.2, 0) is 11.3 Å². The first kappa shape index (κ1) is 24.6. The van der Waals surface area contributed by atoms with Gasteiger partial charge < -0.3 is 10.0 Å². The number of aliphatic carboxylic acids is 1. The summed E-state index contributed by atoms with van der Waals surface area (Å²) in [5, 5.41) is 10.6. The second kappa shape index (κ2) is 9.96. The Bertz CT molecular complexity index is 1640. The van der Waals surface area contributed by atoms with E-state index in [1.54, 1.807) is 11.3 Å². The number of carbonyl (C=O) groups is 1. The minimum absolute atomic E-state index is 0.0260. The Morgan fingerprint density at radius 3 is 2.72 bits per heavy atom. The van der Waals surface area contributed by atoms with Gasteiger partial charge in [0.05, 0.1) is 0 Å². The molecular weight excluding hydrogens is 524 g/mol. The topological polar surface area (TPSA) is 44.4 Å². The Morgan fingerprint density at radius 1 is 1.05 bits per heavy atom. The Labute approximate surface area is 237 Å². The molecule has 2 aliphatic carbocycles. The van der Waals surface area contributed by atoms with Crippen molar-refractivity contribution in [3.05, 3.63) is 101 Å². The molecule has 4 nitrogen and oxygen atoms in total. The van der Waals surface area contributed by atoms with Crippen molar-refractivity contribution in [3.63, 3.8) is 0 Å². The SMILES string of the molecule is O=C(O)C[n+]1c(C2=C/C(=C\c3ccc4c(c3)C3CCCC3N4c3ccccc3)CC(Cl)C2)sc2ccccc21. The molecule has 39 heavy (non-hydrogen) atoms. The van der Waals surface area contributed by atoms with Crippen LogP contribution in [0, 0.1) is 0 Å². The zero-order chi connectivity index (χ0) is 26.5. The molecule has 6 heteroatoms. The third-order valence-electron chi connectivity index (χ3n) is 8.34. The summed E-state index contributed by atoms with van der Waals surface area (Å²) in [5.74, 6) is -0.266. The monoisotopic (exact) mass is 553 g/mol. The van der Waals surface area contributed by atoms with Gasteiger partial charge in [-0.05, 0) is 78.8 Å². The number of nitrogens with zero attached hydrogens (tertiary/aromatic N) is 2. The highest BCUT2D eigenvalue weighted by Crippen LogP contribution is 2.52. The lowest BCUT2D eigenvalue weighted by atomic mass is 9.92. The molecule has 7 rings (SSSR count). The van der Waals surface area contributed by atoms with Crippen molar-refractivity contribution in [2.24, 2.45) is 0 Å². The number of fused-ring (bicyclic) bond motifs is 4. The van der Waals surface area contributed by atoms with Crippen LogP contribution in [0.2, 0.25) is 0 Å². The number of halogens is 1. The number of benzene rings is 3. The van der Waals surface area contributed by atoms with E-state index in [0.717, 1.165) is 33.6 Å². The van der Waals surface area contributed by atoms with Gasteiger partial charge in [0.2, 0.25) is 12.1 Å². The van der Waals surface area contributed by atoms with Gasteiger partial charge in [-0.2, -0.15) is 4.57 Å². The lowest BCUT2D eigenvalue weighted by Crippen LogP contribution is -2.40. The molecule has 196 valence electrons. The van der Waals surface area contributed by atoms with Crippen LogP contribution in [0.4, 0.5) is 11.4 Å². The average molecular weight is 554 g/mol. The maximum Gasteiger partial charge on any atom is 0.370 e. The normalized spacial score (nSPS) is 23.2. The van der Waals surface area contributed by atoms with Crippen LogP contribution in [0.25, 0.3) is 21.9 Å². The third kappa shape index (κ3) is 4.48. The standard InChI is InChI=1S/C33H29ClN2O2S/c34-24-17-22(16-23(19-24)33-35(20-32(37)38)30-10-4-5-12-31(30)39-33)15-21-13-14-29-27(18-21)26-9-6-11-28(26)36(29)25-7-2-1-3-8-25/h1-5,7-8,10,12-16,18,24,26,28H,6,9,11,17,19-20H2/p+1. The highest BCUT2D eigenvalue weighted by molar-refractivity contribution is 7.19. The summed E-state index contributed by atoms with van der Waals surface area (Å²) in [6, 6.07) is 26.3. The van der Waals surface area contributed by atoms with Crippen molar-refractivity contribution in [3.8, 4) is 0 Å². The number of thiazole rings is 1. The van der Waals surface area contributed by atoms with E-state index in [-0.39, 0.29) is 11.9 Å². The van der Waals surface area contributed by atoms with Crippen LogP contribution in [0.3, 0.4) is 0 Å². The van der Waals surface area contributed by atoms with Crippen molar-refractivity contribution in [1.82, 2.24) is 0 Å². The summed E-state index contributed by atoms with van der Waals surface area (Å²) in [4.78, 5) is 14.3. The largest absolute Gasteiger partial charge is 0.477 e. The fourth-order valence-electron chi connectivity index (χ4n) is 6.83. The number of carboxylic acid groups (broad SMARTS) is 1. The fourth-order valence-corrected chi connectivity index (χ4v) is 8.36. The Kier molecular flexibility index (Phi) is 6.29. The van der Waals surface area contributed by atoms with Crippen LogP contribution in [0.1, 0.15) is 54.2 Å². The lowest BCUT2D eigenvalue weighted by molar-refractivity contribution is -0.657. The molecule has 3 aliphatic rings. The van der Waals surface area contributed by atoms with Gasteiger partial charge in [-0.15, -0.1) is 11.6 Å². The van der Waals surface area contributed by atoms with Crippen LogP contribution in [0.15, 0.2) is 84.4 Å². The van der Waals surface area contributed by atoms with Crippen molar-refractivity contribution in [1.29, 1.82) is 0 Å². The van der Waals surface area contributed by atoms with Gasteiger partial charge in [0.1, 0.15) is 4.70 Å². The minimum Gasteiger partial charge on any atom is -0.477 e. The van der Waals surface area contributed by atoms with Crippen LogP contribution < -0.4 is 9.47 Å². The molecule has 0 radical (unpaired) electrons. The molecule has 0 amide bonds. The van der Waals surface area contributed by atoms with E-state index in [1.807, 2.05) is 22.8 Å². The summed E-state index contributed by atoms with van der Waals surface area (Å²) in [6.07, 6.45) is 9.79. The van der Waals surface area contributed by atoms with E-state index in [0.29, 0.717) is 12.0 Å². The first-order chi connectivity index (χ1) is 19.0. The van der Waals surface area contributed by atoms with Gasteiger partial charge in [-0.1, -0.05) is 60.2 Å². The van der Waals surface area contributed by atoms with Gasteiger partial charge in [0.25, 0.3) is 5.01 Å². The molecule has 3 aromatic carbocycles. The Hall–Kier alpha value is -3.41. The number of hydrogen-bond donors (Lipinski definition) is 1. The van der Waals surface area contributed by atoms with E-state index in [1.165, 1.54) is 47.3 Å². The number of aromatic nitrogens is 1. The van der Waals surface area contributed by atoms with Crippen molar-refractivity contribution in [2.45, 2.75) is 56.0 Å². The lowest BCUT2D eigenvalue weighted by Gasteiger charge is -2.27. The highest BCUT2D eigenvalue weighted by Gasteiger charge is 2.42. The molecule has 0 spiro atoms. The molecule has 0 saturated heterocycles. The number of hydrogen-bond acceptors (Lipinski definition) is 3. The van der Waals surface area contributed by atoms with E-state index in [9.17, 15) is 9.90 Å². The summed E-state index contributed by atoms with van der Waals surface area (Å²) in [5.41, 5.74) is 8.55. The molecular formula is C33H30ClN2O2S+. The number of alkyl halides is 1. The quantitative estimate of drug-likeness (QED) is 0.201. The maximum atomic E-state index is 11.7. The van der Waals surface area contributed by atoms with Gasteiger partial charge in [-0.25, -0.2) is 4.79 Å². The van der Waals surface area contributed by atoms with Crippen molar-refractivity contribution < 1.29 is 14.5 Å². The predicted octanol–water partition coefficient (Wildman–Crippen LogP) is 7.93. The molecule has 1 aromatic heterocycles. The maximum absolute atomic E-state index is 11.7. The summed E-state index contributed by atoms with van der Waals surface area (Å²) >= 11 is 8.47. The Morgan fingerprint density at radius 2 is 1.87 bits per heavy atom. The molecule has 1 saturated carbocycles. The smallest absolute Gasteiger partial charge is 0.370 e. The van der Waals surface area contributed by atoms with Crippen LogP contribution in [-0.4, -0.2) is 22.5 Å². The summed E-state index contributed by atoms with van der Waals surface area (Å²) in [7, 11) is 0. The van der Waals surface area contributed by atoms with E-state index < -0.39 is 5.97 Å². The molecule has 4 aromatic rings. The van der Waals surface area contributed by atoms with E-state index in [2.05, 4.69) is 71.6 Å². The van der Waals surface area contributed by atoms with E-state index in [4.69, 9.17) is 11.6 Å². The molecule has 2 heterocycles. The first-order valence-corrected chi connectivity index (χ1v) is 15.0. The van der Waals surface area contributed by atoms with Gasteiger partial charge >= 0.3 is 5.97 Å². The van der Waals surface area contributed by atoms with Crippen LogP contribution in [0.5, 0.6) is 0 Å². The molecule has 1 N–H and O–H groups in total. The van der Waals surface area contributed by atoms with E-state index >= 15 is 0 Å². The number of carboxylic acids is 1. The first-order valence-electron chi connectivity index (χ1n) is 13.7. The second-order valence-corrected chi connectivity index (χ2v) is 12.5. The third-order valence-corrected chi connectivity index (χ3v) is 9.89. The van der Waals surface area contributed by atoms with Gasteiger partial charge in [-0.3, -0.25) is 0 Å².